The Morgan fingerprint density at radius 3 is 1.67 bits per heavy atom. The molecule has 72 valence electrons. The lowest BCUT2D eigenvalue weighted by Crippen LogP contribution is -1.78. The van der Waals surface area contributed by atoms with Gasteiger partial charge in [0.25, 0.3) is 0 Å². The molecule has 0 heterocycles. The van der Waals surface area contributed by atoms with Crippen LogP contribution in [0.4, 0.5) is 0 Å². The number of hydrogen-bond acceptors (Lipinski definition) is 0. The lowest BCUT2D eigenvalue weighted by atomic mass is 10.1. The quantitative estimate of drug-likeness (QED) is 0.547. The molecule has 0 aliphatic carbocycles. The molecule has 0 aromatic carbocycles. The Kier molecular flexibility index (Phi) is 12.3. The molecule has 0 saturated carbocycles. The Morgan fingerprint density at radius 1 is 1.17 bits per heavy atom. The second-order valence-corrected chi connectivity index (χ2v) is 3.69. The highest BCUT2D eigenvalue weighted by molar-refractivity contribution is 4.79. The molecule has 12 heavy (non-hydrogen) atoms. The van der Waals surface area contributed by atoms with E-state index in [1.807, 2.05) is 13.0 Å². The molecule has 0 aliphatic rings. The van der Waals surface area contributed by atoms with Gasteiger partial charge in [-0.3, -0.25) is 0 Å². The fourth-order valence-corrected chi connectivity index (χ4v) is 0.718. The van der Waals surface area contributed by atoms with Crippen LogP contribution in [-0.4, -0.2) is 0 Å². The summed E-state index contributed by atoms with van der Waals surface area (Å²) in [5.41, 5.74) is 0. The topological polar surface area (TPSA) is 0 Å². The van der Waals surface area contributed by atoms with Crippen LogP contribution in [0.15, 0.2) is 24.8 Å². The third kappa shape index (κ3) is 22.7. The molecule has 0 fully saturated rings. The summed E-state index contributed by atoms with van der Waals surface area (Å²) in [5, 5.41) is 0. The smallest absolute Gasteiger partial charge is 0.0291 e. The van der Waals surface area contributed by atoms with Gasteiger partial charge in [0.15, 0.2) is 0 Å². The maximum Gasteiger partial charge on any atom is -0.0291 e. The fraction of sp³-hybridized carbons (Fsp3) is 0.667. The Hall–Kier alpha value is -0.520. The van der Waals surface area contributed by atoms with Crippen molar-refractivity contribution in [2.75, 3.05) is 0 Å². The molecule has 0 saturated heterocycles. The normalized spacial score (nSPS) is 10.2. The summed E-state index contributed by atoms with van der Waals surface area (Å²) in [7, 11) is 0. The molecule has 0 N–H and O–H groups in total. The number of rotatable bonds is 3. The largest absolute Gasteiger partial charge is 0.103 e. The van der Waals surface area contributed by atoms with E-state index in [0.29, 0.717) is 0 Å². The SMILES string of the molecule is C/C=C\C(C)C.C=CCC(C)C. The molecular weight excluding hydrogens is 144 g/mol. The van der Waals surface area contributed by atoms with Crippen LogP contribution in [0, 0.1) is 11.8 Å². The van der Waals surface area contributed by atoms with E-state index in [-0.39, 0.29) is 0 Å². The van der Waals surface area contributed by atoms with Crippen molar-refractivity contribution in [1.82, 2.24) is 0 Å². The third-order valence-electron chi connectivity index (χ3n) is 1.22. The van der Waals surface area contributed by atoms with E-state index in [2.05, 4.69) is 46.4 Å². The molecule has 0 aromatic rings. The minimum atomic E-state index is 0.718. The molecule has 0 heteroatoms. The first kappa shape index (κ1) is 14.0. The average Bonchev–Trinajstić information content (AvgIpc) is 1.87. The standard InChI is InChI=1S/2C6H12/c2*1-4-5-6(2)3/h4-6H,1-3H3;4,6H,1,5H2,2-3H3/b5-4-;. The van der Waals surface area contributed by atoms with E-state index >= 15 is 0 Å². The van der Waals surface area contributed by atoms with Gasteiger partial charge in [-0.05, 0) is 25.2 Å². The van der Waals surface area contributed by atoms with Gasteiger partial charge in [-0.25, -0.2) is 0 Å². The van der Waals surface area contributed by atoms with Crippen molar-refractivity contribution in [1.29, 1.82) is 0 Å². The first-order valence-electron chi connectivity index (χ1n) is 4.78. The van der Waals surface area contributed by atoms with Gasteiger partial charge in [0.1, 0.15) is 0 Å². The van der Waals surface area contributed by atoms with Crippen molar-refractivity contribution in [3.05, 3.63) is 24.8 Å². The van der Waals surface area contributed by atoms with E-state index in [4.69, 9.17) is 0 Å². The Morgan fingerprint density at radius 2 is 1.67 bits per heavy atom. The summed E-state index contributed by atoms with van der Waals surface area (Å²) >= 11 is 0. The zero-order valence-corrected chi connectivity index (χ0v) is 9.30. The van der Waals surface area contributed by atoms with Crippen LogP contribution >= 0.6 is 0 Å². The van der Waals surface area contributed by atoms with E-state index < -0.39 is 0 Å². The molecule has 0 nitrogen and oxygen atoms in total. The number of hydrogen-bond donors (Lipinski definition) is 0. The number of allylic oxidation sites excluding steroid dienone is 3. The van der Waals surface area contributed by atoms with E-state index in [9.17, 15) is 0 Å². The van der Waals surface area contributed by atoms with E-state index in [1.165, 1.54) is 0 Å². The highest BCUT2D eigenvalue weighted by Crippen LogP contribution is 1.96. The molecule has 0 spiro atoms. The Labute approximate surface area is 78.4 Å². The van der Waals surface area contributed by atoms with Crippen LogP contribution < -0.4 is 0 Å². The van der Waals surface area contributed by atoms with Gasteiger partial charge in [-0.1, -0.05) is 45.9 Å². The summed E-state index contributed by atoms with van der Waals surface area (Å²) in [6, 6.07) is 0. The zero-order valence-electron chi connectivity index (χ0n) is 9.30. The van der Waals surface area contributed by atoms with Crippen LogP contribution in [0.2, 0.25) is 0 Å². The van der Waals surface area contributed by atoms with Crippen molar-refractivity contribution >= 4 is 0 Å². The van der Waals surface area contributed by atoms with Gasteiger partial charge in [0.2, 0.25) is 0 Å². The van der Waals surface area contributed by atoms with E-state index in [1.54, 1.807) is 0 Å². The first-order valence-corrected chi connectivity index (χ1v) is 4.78. The monoisotopic (exact) mass is 168 g/mol. The fourth-order valence-electron chi connectivity index (χ4n) is 0.718. The summed E-state index contributed by atoms with van der Waals surface area (Å²) in [6.07, 6.45) is 7.33. The predicted molar refractivity (Wildman–Crippen MR) is 59.3 cm³/mol. The maximum atomic E-state index is 3.60. The Balaban J connectivity index is 0. The molecular formula is C12H24. The van der Waals surface area contributed by atoms with Gasteiger partial charge in [0.05, 0.1) is 0 Å². The molecule has 0 bridgehead atoms. The molecule has 0 amide bonds. The summed E-state index contributed by atoms with van der Waals surface area (Å²) < 4.78 is 0. The van der Waals surface area contributed by atoms with Crippen LogP contribution in [-0.2, 0) is 0 Å². The van der Waals surface area contributed by atoms with Gasteiger partial charge in [-0.2, -0.15) is 0 Å². The van der Waals surface area contributed by atoms with Crippen LogP contribution in [0.25, 0.3) is 0 Å². The van der Waals surface area contributed by atoms with Crippen molar-refractivity contribution in [2.24, 2.45) is 11.8 Å². The van der Waals surface area contributed by atoms with Crippen LogP contribution in [0.5, 0.6) is 0 Å². The molecule has 0 unspecified atom stereocenters. The molecule has 0 rings (SSSR count). The van der Waals surface area contributed by atoms with Gasteiger partial charge in [-0.15, -0.1) is 6.58 Å². The van der Waals surface area contributed by atoms with Gasteiger partial charge < -0.3 is 0 Å². The summed E-state index contributed by atoms with van der Waals surface area (Å²) in [6.45, 7) is 14.3. The van der Waals surface area contributed by atoms with Gasteiger partial charge in [0, 0.05) is 0 Å². The highest BCUT2D eigenvalue weighted by atomic mass is 13.9. The Bertz CT molecular complexity index is 107. The second kappa shape index (κ2) is 10.5. The summed E-state index contributed by atoms with van der Waals surface area (Å²) in [5.74, 6) is 1.50. The average molecular weight is 168 g/mol. The first-order chi connectivity index (χ1) is 5.54. The van der Waals surface area contributed by atoms with Crippen molar-refractivity contribution in [3.63, 3.8) is 0 Å². The lowest BCUT2D eigenvalue weighted by molar-refractivity contribution is 0.664. The highest BCUT2D eigenvalue weighted by Gasteiger charge is 1.82. The van der Waals surface area contributed by atoms with Gasteiger partial charge >= 0.3 is 0 Å². The molecule has 0 aliphatic heterocycles. The zero-order chi connectivity index (χ0) is 9.98. The lowest BCUT2D eigenvalue weighted by Gasteiger charge is -1.92. The molecule has 0 atom stereocenters. The van der Waals surface area contributed by atoms with Crippen molar-refractivity contribution in [3.8, 4) is 0 Å². The third-order valence-corrected chi connectivity index (χ3v) is 1.22. The molecule has 0 radical (unpaired) electrons. The minimum absolute atomic E-state index is 0.718. The van der Waals surface area contributed by atoms with Crippen LogP contribution in [0.1, 0.15) is 41.0 Å². The minimum Gasteiger partial charge on any atom is -0.103 e. The second-order valence-electron chi connectivity index (χ2n) is 3.69. The van der Waals surface area contributed by atoms with Crippen molar-refractivity contribution < 1.29 is 0 Å². The predicted octanol–water partition coefficient (Wildman–Crippen LogP) is 4.44. The molecule has 0 aromatic heterocycles. The maximum absolute atomic E-state index is 3.60. The van der Waals surface area contributed by atoms with E-state index in [0.717, 1.165) is 18.3 Å². The van der Waals surface area contributed by atoms with Crippen LogP contribution in [0.3, 0.4) is 0 Å². The summed E-state index contributed by atoms with van der Waals surface area (Å²) in [4.78, 5) is 0. The van der Waals surface area contributed by atoms with Crippen molar-refractivity contribution in [2.45, 2.75) is 41.0 Å².